The summed E-state index contributed by atoms with van der Waals surface area (Å²) in [5.41, 5.74) is -2.17. The molecule has 192 valence electrons. The monoisotopic (exact) mass is 512 g/mol. The van der Waals surface area contributed by atoms with Crippen molar-refractivity contribution in [2.24, 2.45) is 0 Å². The van der Waals surface area contributed by atoms with Gasteiger partial charge in [0.1, 0.15) is 8.80 Å². The van der Waals surface area contributed by atoms with Gasteiger partial charge < -0.3 is 19.5 Å². The Hall–Kier alpha value is -2.15. The Morgan fingerprint density at radius 1 is 0.649 bits per heavy atom. The number of benzene rings is 3. The first kappa shape index (κ1) is 27.9. The maximum atomic E-state index is 11.1. The minimum Gasteiger partial charge on any atom is -0.426 e. The lowest BCUT2D eigenvalue weighted by molar-refractivity contribution is -0.139. The molecule has 37 heavy (non-hydrogen) atoms. The molecule has 0 amide bonds. The van der Waals surface area contributed by atoms with E-state index in [0.29, 0.717) is 12.8 Å². The molecule has 0 spiro atoms. The number of hydrogen-bond donors (Lipinski definition) is 2. The van der Waals surface area contributed by atoms with E-state index in [-0.39, 0.29) is 0 Å². The first-order valence-electron chi connectivity index (χ1n) is 13.0. The van der Waals surface area contributed by atoms with Gasteiger partial charge in [0.05, 0.1) is 22.4 Å². The Balaban J connectivity index is 1.85. The van der Waals surface area contributed by atoms with Crippen LogP contribution in [0.3, 0.4) is 0 Å². The minimum atomic E-state index is -1.80. The second kappa shape index (κ2) is 10.5. The molecule has 3 aromatic rings. The summed E-state index contributed by atoms with van der Waals surface area (Å²) in [4.78, 5) is 0. The summed E-state index contributed by atoms with van der Waals surface area (Å²) < 4.78 is 12.8. The molecule has 0 fully saturated rings. The number of fused-ring (bicyclic) bond motifs is 4. The van der Waals surface area contributed by atoms with E-state index in [2.05, 4.69) is 66.7 Å². The molecule has 2 atom stereocenters. The van der Waals surface area contributed by atoms with E-state index in [1.165, 1.54) is 15.6 Å². The first-order valence-corrected chi connectivity index (χ1v) is 14.8. The van der Waals surface area contributed by atoms with Crippen molar-refractivity contribution in [3.8, 4) is 0 Å². The highest BCUT2D eigenvalue weighted by atomic mass is 28.3. The van der Waals surface area contributed by atoms with Gasteiger partial charge in [0, 0.05) is 0 Å². The fourth-order valence-corrected chi connectivity index (χ4v) is 7.83. The molecule has 0 saturated carbocycles. The Morgan fingerprint density at radius 3 is 1.46 bits per heavy atom. The van der Waals surface area contributed by atoms with Crippen molar-refractivity contribution in [1.29, 1.82) is 0 Å². The fourth-order valence-electron chi connectivity index (χ4n) is 4.74. The van der Waals surface area contributed by atoms with Crippen molar-refractivity contribution >= 4 is 50.2 Å². The Kier molecular flexibility index (Phi) is 7.94. The van der Waals surface area contributed by atoms with E-state index in [4.69, 9.17) is 9.31 Å². The van der Waals surface area contributed by atoms with Gasteiger partial charge in [-0.1, -0.05) is 105 Å². The third-order valence-electron chi connectivity index (χ3n) is 8.20. The molecule has 0 aromatic heterocycles. The molecule has 0 saturated heterocycles. The molecule has 4 bridgehead atoms. The predicted octanol–water partition coefficient (Wildman–Crippen LogP) is 1.31. The van der Waals surface area contributed by atoms with Crippen LogP contribution in [0.25, 0.3) is 0 Å². The van der Waals surface area contributed by atoms with Crippen LogP contribution in [0.2, 0.25) is 0 Å². The maximum absolute atomic E-state index is 11.1. The molecule has 2 unspecified atom stereocenters. The highest BCUT2D eigenvalue weighted by Crippen LogP contribution is 2.37. The summed E-state index contributed by atoms with van der Waals surface area (Å²) in [6.45, 7) is 10.9. The van der Waals surface area contributed by atoms with Crippen LogP contribution in [0.5, 0.6) is 0 Å². The number of aliphatic hydroxyl groups is 2. The predicted molar refractivity (Wildman–Crippen MR) is 157 cm³/mol. The standard InChI is InChI=1S/C30H38B2O4Si/c1-27(2,33)29(5)18-19-30(6,28(3,4)34)36-32-23-13-11-17-26(21-23)37(24-14-8-7-9-15-24)25-16-10-12-22(20-25)31-35-29/h7-17,20-21,33-34,37H,18-19H2,1-6H3. The zero-order valence-corrected chi connectivity index (χ0v) is 24.0. The third kappa shape index (κ3) is 6.13. The molecule has 1 heterocycles. The maximum Gasteiger partial charge on any atom is 0.330 e. The summed E-state index contributed by atoms with van der Waals surface area (Å²) in [5, 5.41) is 26.2. The number of hydrogen-bond acceptors (Lipinski definition) is 4. The van der Waals surface area contributed by atoms with E-state index < -0.39 is 31.2 Å². The summed E-state index contributed by atoms with van der Waals surface area (Å²) >= 11 is 0. The second-order valence-electron chi connectivity index (χ2n) is 11.7. The van der Waals surface area contributed by atoms with Crippen molar-refractivity contribution < 1.29 is 19.5 Å². The molecule has 7 heteroatoms. The topological polar surface area (TPSA) is 58.9 Å². The van der Waals surface area contributed by atoms with Crippen LogP contribution in [0.4, 0.5) is 0 Å². The van der Waals surface area contributed by atoms with Gasteiger partial charge in [0.15, 0.2) is 0 Å². The molecule has 2 radical (unpaired) electrons. The van der Waals surface area contributed by atoms with Crippen molar-refractivity contribution in [2.75, 3.05) is 0 Å². The van der Waals surface area contributed by atoms with Crippen LogP contribution in [-0.2, 0) is 9.31 Å². The van der Waals surface area contributed by atoms with E-state index in [1.54, 1.807) is 42.7 Å². The lowest BCUT2D eigenvalue weighted by atomic mass is 9.73. The largest absolute Gasteiger partial charge is 0.426 e. The fraction of sp³-hybridized carbons (Fsp3) is 0.400. The Labute approximate surface area is 225 Å². The van der Waals surface area contributed by atoms with E-state index in [0.717, 1.165) is 10.9 Å². The molecular formula is C30H38B2O4Si. The van der Waals surface area contributed by atoms with Gasteiger partial charge in [-0.15, -0.1) is 0 Å². The molecule has 1 aliphatic rings. The van der Waals surface area contributed by atoms with E-state index >= 15 is 0 Å². The van der Waals surface area contributed by atoms with Gasteiger partial charge >= 0.3 is 15.0 Å². The Morgan fingerprint density at radius 2 is 1.05 bits per heavy atom. The lowest BCUT2D eigenvalue weighted by Gasteiger charge is -2.46. The molecule has 0 aliphatic carbocycles. The lowest BCUT2D eigenvalue weighted by Crippen LogP contribution is -2.56. The zero-order chi connectivity index (χ0) is 26.9. The van der Waals surface area contributed by atoms with Crippen LogP contribution < -0.4 is 26.5 Å². The zero-order valence-electron chi connectivity index (χ0n) is 22.9. The normalized spacial score (nSPS) is 25.2. The molecule has 3 aromatic carbocycles. The highest BCUT2D eigenvalue weighted by molar-refractivity contribution is 6.95. The van der Waals surface area contributed by atoms with Gasteiger partial charge in [0.2, 0.25) is 0 Å². The molecule has 4 rings (SSSR count). The average molecular weight is 512 g/mol. The quantitative estimate of drug-likeness (QED) is 0.520. The van der Waals surface area contributed by atoms with Crippen LogP contribution >= 0.6 is 0 Å². The summed E-state index contributed by atoms with van der Waals surface area (Å²) in [6.07, 6.45) is 0.949. The van der Waals surface area contributed by atoms with E-state index in [1.807, 2.05) is 26.0 Å². The van der Waals surface area contributed by atoms with Gasteiger partial charge in [-0.2, -0.15) is 0 Å². The summed E-state index contributed by atoms with van der Waals surface area (Å²) in [6, 6.07) is 27.7. The van der Waals surface area contributed by atoms with Gasteiger partial charge in [-0.3, -0.25) is 0 Å². The number of rotatable bonds is 3. The van der Waals surface area contributed by atoms with Crippen LogP contribution in [-0.4, -0.2) is 56.4 Å². The van der Waals surface area contributed by atoms with Crippen LogP contribution in [0, 0.1) is 0 Å². The first-order chi connectivity index (χ1) is 17.3. The van der Waals surface area contributed by atoms with Gasteiger partial charge in [-0.25, -0.2) is 0 Å². The van der Waals surface area contributed by atoms with E-state index in [9.17, 15) is 10.2 Å². The van der Waals surface area contributed by atoms with Gasteiger partial charge in [0.25, 0.3) is 0 Å². The molecule has 1 aliphatic heterocycles. The van der Waals surface area contributed by atoms with Crippen molar-refractivity contribution in [2.45, 2.75) is 76.8 Å². The minimum absolute atomic E-state index is 0.475. The van der Waals surface area contributed by atoms with Crippen molar-refractivity contribution in [1.82, 2.24) is 0 Å². The molecule has 4 nitrogen and oxygen atoms in total. The molecule has 2 N–H and O–H groups in total. The van der Waals surface area contributed by atoms with Crippen molar-refractivity contribution in [3.63, 3.8) is 0 Å². The molecular weight excluding hydrogens is 474 g/mol. The smallest absolute Gasteiger partial charge is 0.330 e. The second-order valence-corrected chi connectivity index (χ2v) is 14.6. The van der Waals surface area contributed by atoms with Crippen LogP contribution in [0.1, 0.15) is 54.4 Å². The van der Waals surface area contributed by atoms with Crippen molar-refractivity contribution in [3.05, 3.63) is 78.9 Å². The summed E-state index contributed by atoms with van der Waals surface area (Å²) in [7, 11) is 1.73. The van der Waals surface area contributed by atoms with Crippen LogP contribution in [0.15, 0.2) is 78.9 Å². The van der Waals surface area contributed by atoms with Gasteiger partial charge in [-0.05, 0) is 54.4 Å². The average Bonchev–Trinajstić information content (AvgIpc) is 2.85. The SMILES string of the molecule is CC(C)(O)C1(C)CCC(C)(C(C)(C)O)O[B]c2cccc(c2)[SiH](c2ccccc2)c2cccc(c2)[B]O1. The Bertz CT molecular complexity index is 1130. The summed E-state index contributed by atoms with van der Waals surface area (Å²) in [5.74, 6) is 0. The highest BCUT2D eigenvalue weighted by Gasteiger charge is 2.46. The third-order valence-corrected chi connectivity index (χ3v) is 11.3.